The fourth-order valence-corrected chi connectivity index (χ4v) is 2.74. The van der Waals surface area contributed by atoms with Crippen LogP contribution in [-0.2, 0) is 33.8 Å². The molecule has 0 saturated carbocycles. The minimum atomic E-state index is -5.95. The SMILES string of the molecule is [B]Cc1cc(C[B])c(C[B])c(C(=O)Oc2ccc(C(=O)OC(F)(F)S(=O)(=O)O)cc2)c1. The van der Waals surface area contributed by atoms with Crippen molar-refractivity contribution in [2.75, 3.05) is 0 Å². The lowest BCUT2D eigenvalue weighted by Crippen LogP contribution is -2.34. The molecule has 0 spiro atoms. The average molecular weight is 444 g/mol. The van der Waals surface area contributed by atoms with Crippen LogP contribution in [0.15, 0.2) is 36.4 Å². The highest BCUT2D eigenvalue weighted by Crippen LogP contribution is 2.25. The van der Waals surface area contributed by atoms with E-state index >= 15 is 0 Å². The largest absolute Gasteiger partial charge is 0.536 e. The summed E-state index contributed by atoms with van der Waals surface area (Å²) in [6.45, 7) is 0. The fraction of sp³-hybridized carbons (Fsp3) is 0.222. The molecule has 1 N–H and O–H groups in total. The van der Waals surface area contributed by atoms with Crippen molar-refractivity contribution >= 4 is 45.6 Å². The first kappa shape index (κ1) is 24.6. The van der Waals surface area contributed by atoms with Crippen LogP contribution in [0.3, 0.4) is 0 Å². The van der Waals surface area contributed by atoms with Crippen LogP contribution < -0.4 is 4.74 Å². The molecule has 0 aromatic heterocycles. The molecule has 0 aliphatic rings. The van der Waals surface area contributed by atoms with E-state index < -0.39 is 33.1 Å². The number of esters is 2. The van der Waals surface area contributed by atoms with Crippen molar-refractivity contribution in [2.24, 2.45) is 0 Å². The molecule has 0 aliphatic carbocycles. The Kier molecular flexibility index (Phi) is 7.66. The highest BCUT2D eigenvalue weighted by atomic mass is 32.2. The van der Waals surface area contributed by atoms with Gasteiger partial charge in [0, 0.05) is 0 Å². The lowest BCUT2D eigenvalue weighted by Gasteiger charge is -2.15. The van der Waals surface area contributed by atoms with E-state index in [1.165, 1.54) is 6.07 Å². The van der Waals surface area contributed by atoms with Gasteiger partial charge in [-0.2, -0.15) is 8.42 Å². The van der Waals surface area contributed by atoms with E-state index in [0.29, 0.717) is 16.7 Å². The van der Waals surface area contributed by atoms with Crippen molar-refractivity contribution in [3.63, 3.8) is 0 Å². The molecule has 13 heteroatoms. The molecule has 2 rings (SSSR count). The van der Waals surface area contributed by atoms with Gasteiger partial charge in [0.25, 0.3) is 0 Å². The summed E-state index contributed by atoms with van der Waals surface area (Å²) in [7, 11) is 11.1. The molecule has 0 aliphatic heterocycles. The maximum absolute atomic E-state index is 13.1. The Labute approximate surface area is 181 Å². The standard InChI is InChI=1S/C18H13B3F2O7S/c19-7-10-5-12(8-20)15(9-21)14(6-10)17(25)29-13-3-1-11(2-4-13)16(24)30-18(22,23)31(26,27)28/h1-6H,7-9H2,(H,26,27,28). The summed E-state index contributed by atoms with van der Waals surface area (Å²) < 4.78 is 64.4. The van der Waals surface area contributed by atoms with Crippen LogP contribution in [0.1, 0.15) is 37.4 Å². The first-order valence-corrected chi connectivity index (χ1v) is 10.0. The second-order valence-corrected chi connectivity index (χ2v) is 7.56. The molecular formula is C18H13B3F2O7S. The monoisotopic (exact) mass is 444 g/mol. The van der Waals surface area contributed by atoms with Gasteiger partial charge in [0.1, 0.15) is 5.75 Å². The van der Waals surface area contributed by atoms with Gasteiger partial charge in [0.15, 0.2) is 0 Å². The molecule has 0 saturated heterocycles. The van der Waals surface area contributed by atoms with Crippen LogP contribution in [0.25, 0.3) is 0 Å². The molecule has 0 unspecified atom stereocenters. The van der Waals surface area contributed by atoms with E-state index in [1.807, 2.05) is 0 Å². The van der Waals surface area contributed by atoms with Crippen LogP contribution in [0, 0.1) is 0 Å². The molecule has 7 nitrogen and oxygen atoms in total. The first-order valence-electron chi connectivity index (χ1n) is 8.58. The summed E-state index contributed by atoms with van der Waals surface area (Å²) in [5.41, 5.74) is -3.75. The predicted octanol–water partition coefficient (Wildman–Crippen LogP) is 1.51. The lowest BCUT2D eigenvalue weighted by atomic mass is 9.81. The fourth-order valence-electron chi connectivity index (χ4n) is 2.56. The Morgan fingerprint density at radius 1 is 0.968 bits per heavy atom. The summed E-state index contributed by atoms with van der Waals surface area (Å²) in [5, 5.41) is 0. The number of benzene rings is 2. The van der Waals surface area contributed by atoms with Gasteiger partial charge in [0.05, 0.1) is 34.7 Å². The van der Waals surface area contributed by atoms with E-state index in [1.54, 1.807) is 6.07 Å². The van der Waals surface area contributed by atoms with Crippen molar-refractivity contribution in [3.05, 3.63) is 64.2 Å². The molecule has 0 fully saturated rings. The Morgan fingerprint density at radius 3 is 2.06 bits per heavy atom. The van der Waals surface area contributed by atoms with Gasteiger partial charge in [-0.05, 0) is 35.9 Å². The van der Waals surface area contributed by atoms with Crippen molar-refractivity contribution in [1.29, 1.82) is 0 Å². The third-order valence-electron chi connectivity index (χ3n) is 4.09. The van der Waals surface area contributed by atoms with Gasteiger partial charge >= 0.3 is 27.5 Å². The van der Waals surface area contributed by atoms with Crippen molar-refractivity contribution < 1.29 is 40.8 Å². The summed E-state index contributed by atoms with van der Waals surface area (Å²) >= 11 is 0. The molecule has 2 aromatic rings. The number of hydrogen-bond acceptors (Lipinski definition) is 6. The number of halogens is 2. The maximum Gasteiger partial charge on any atom is 0.536 e. The quantitative estimate of drug-likeness (QED) is 0.285. The number of hydrogen-bond donors (Lipinski definition) is 1. The Morgan fingerprint density at radius 2 is 1.58 bits per heavy atom. The van der Waals surface area contributed by atoms with Gasteiger partial charge in [-0.15, -0.1) is 8.78 Å². The Balaban J connectivity index is 2.22. The molecule has 156 valence electrons. The molecule has 2 aromatic carbocycles. The summed E-state index contributed by atoms with van der Waals surface area (Å²) in [6, 6.07) is 7.33. The Bertz CT molecular complexity index is 1090. The summed E-state index contributed by atoms with van der Waals surface area (Å²) in [4.78, 5) is 24.3. The van der Waals surface area contributed by atoms with Crippen molar-refractivity contribution in [2.45, 2.75) is 24.4 Å². The van der Waals surface area contributed by atoms with Crippen LogP contribution in [0.4, 0.5) is 8.78 Å². The Hall–Kier alpha value is -2.66. The predicted molar refractivity (Wildman–Crippen MR) is 108 cm³/mol. The topological polar surface area (TPSA) is 107 Å². The maximum atomic E-state index is 13.1. The van der Waals surface area contributed by atoms with Gasteiger partial charge in [-0.1, -0.05) is 36.2 Å². The molecule has 0 heterocycles. The average Bonchev–Trinajstić information content (AvgIpc) is 2.71. The highest BCUT2D eigenvalue weighted by Gasteiger charge is 2.49. The number of rotatable bonds is 8. The van der Waals surface area contributed by atoms with Crippen molar-refractivity contribution in [1.82, 2.24) is 0 Å². The van der Waals surface area contributed by atoms with Gasteiger partial charge < -0.3 is 9.47 Å². The van der Waals surface area contributed by atoms with E-state index in [2.05, 4.69) is 4.74 Å². The van der Waals surface area contributed by atoms with Crippen molar-refractivity contribution in [3.8, 4) is 5.75 Å². The summed E-state index contributed by atoms with van der Waals surface area (Å²) in [5.74, 6) is -2.58. The number of alkyl halides is 2. The molecule has 0 bridgehead atoms. The van der Waals surface area contributed by atoms with E-state index in [4.69, 9.17) is 32.8 Å². The number of carbonyl (C=O) groups is 2. The number of ether oxygens (including phenoxy) is 2. The molecule has 31 heavy (non-hydrogen) atoms. The van der Waals surface area contributed by atoms with Crippen LogP contribution in [-0.4, -0.2) is 53.9 Å². The van der Waals surface area contributed by atoms with E-state index in [9.17, 15) is 26.8 Å². The zero-order valence-corrected chi connectivity index (χ0v) is 16.7. The molecule has 0 amide bonds. The molecule has 0 atom stereocenters. The van der Waals surface area contributed by atoms with Crippen LogP contribution in [0.5, 0.6) is 5.75 Å². The smallest absolute Gasteiger partial charge is 0.423 e. The second-order valence-electron chi connectivity index (χ2n) is 6.14. The molecular weight excluding hydrogens is 431 g/mol. The normalized spacial score (nSPS) is 11.7. The third-order valence-corrected chi connectivity index (χ3v) is 4.78. The van der Waals surface area contributed by atoms with Crippen LogP contribution in [0.2, 0.25) is 0 Å². The van der Waals surface area contributed by atoms with E-state index in [0.717, 1.165) is 24.3 Å². The number of carbonyl (C=O) groups excluding carboxylic acids is 2. The minimum Gasteiger partial charge on any atom is -0.423 e. The van der Waals surface area contributed by atoms with Gasteiger partial charge in [-0.25, -0.2) is 9.59 Å². The zero-order chi connectivity index (χ0) is 23.4. The van der Waals surface area contributed by atoms with Gasteiger partial charge in [-0.3, -0.25) is 4.55 Å². The minimum absolute atomic E-state index is 0.00851. The van der Waals surface area contributed by atoms with Gasteiger partial charge in [0.2, 0.25) is 0 Å². The van der Waals surface area contributed by atoms with E-state index in [-0.39, 0.29) is 30.3 Å². The summed E-state index contributed by atoms with van der Waals surface area (Å²) in [6.07, 6.45) is 0.267. The lowest BCUT2D eigenvalue weighted by molar-refractivity contribution is -0.135. The highest BCUT2D eigenvalue weighted by molar-refractivity contribution is 7.86. The third kappa shape index (κ3) is 5.73. The second kappa shape index (κ2) is 9.65. The molecule has 6 radical (unpaired) electrons. The van der Waals surface area contributed by atoms with Crippen LogP contribution >= 0.6 is 0 Å². The zero-order valence-electron chi connectivity index (χ0n) is 15.9. The first-order chi connectivity index (χ1) is 14.4.